The molecular weight excluding hydrogens is 420 g/mol. The molecule has 2 aromatic carbocycles. The van der Waals surface area contributed by atoms with Crippen molar-refractivity contribution in [2.45, 2.75) is 19.1 Å². The average molecular weight is 444 g/mol. The number of benzene rings is 2. The summed E-state index contributed by atoms with van der Waals surface area (Å²) < 4.78 is 28.6. The number of aromatic nitrogens is 2. The summed E-state index contributed by atoms with van der Waals surface area (Å²) >= 11 is 6.73. The Morgan fingerprint density at radius 3 is 2.45 bits per heavy atom. The minimum atomic E-state index is -0.789. The first kappa shape index (κ1) is 21.3. The Morgan fingerprint density at radius 1 is 1.10 bits per heavy atom. The van der Waals surface area contributed by atoms with Gasteiger partial charge in [0, 0.05) is 25.2 Å². The van der Waals surface area contributed by atoms with Crippen LogP contribution in [-0.2, 0) is 6.54 Å². The fraction of sp³-hybridized carbons (Fsp3) is 0.261. The topological polar surface area (TPSA) is 73.1 Å². The third-order valence-corrected chi connectivity index (χ3v) is 5.89. The second-order valence-corrected chi connectivity index (χ2v) is 8.00. The SMILES string of the molecule is N/C(=C(/Cl)c1c(-c2ccc(F)cc2)nn(CCN2CCC(F)C2)c1N)c1ccccc1. The number of alkyl halides is 1. The van der Waals surface area contributed by atoms with Crippen molar-refractivity contribution in [1.29, 1.82) is 0 Å². The molecule has 3 aromatic rings. The van der Waals surface area contributed by atoms with Crippen LogP contribution in [0.5, 0.6) is 0 Å². The molecule has 162 valence electrons. The van der Waals surface area contributed by atoms with E-state index in [1.807, 2.05) is 35.2 Å². The molecule has 1 saturated heterocycles. The van der Waals surface area contributed by atoms with Crippen LogP contribution in [0, 0.1) is 5.82 Å². The lowest BCUT2D eigenvalue weighted by Crippen LogP contribution is -2.26. The smallest absolute Gasteiger partial charge is 0.131 e. The quantitative estimate of drug-likeness (QED) is 0.594. The summed E-state index contributed by atoms with van der Waals surface area (Å²) in [5, 5.41) is 4.94. The number of likely N-dealkylation sites (tertiary alicyclic amines) is 1. The normalized spacial score (nSPS) is 17.7. The Hall–Kier alpha value is -2.90. The van der Waals surface area contributed by atoms with E-state index in [4.69, 9.17) is 23.1 Å². The third-order valence-electron chi connectivity index (χ3n) is 5.49. The first-order chi connectivity index (χ1) is 14.9. The molecule has 1 aromatic heterocycles. The minimum absolute atomic E-state index is 0.277. The predicted octanol–water partition coefficient (Wildman–Crippen LogP) is 4.34. The van der Waals surface area contributed by atoms with Gasteiger partial charge in [-0.25, -0.2) is 13.5 Å². The van der Waals surface area contributed by atoms with E-state index < -0.39 is 6.17 Å². The highest BCUT2D eigenvalue weighted by atomic mass is 35.5. The summed E-state index contributed by atoms with van der Waals surface area (Å²) in [6.07, 6.45) is -0.244. The molecule has 0 saturated carbocycles. The van der Waals surface area contributed by atoms with Gasteiger partial charge in [0.25, 0.3) is 0 Å². The first-order valence-electron chi connectivity index (χ1n) is 10.1. The van der Waals surface area contributed by atoms with Crippen molar-refractivity contribution in [3.8, 4) is 11.3 Å². The van der Waals surface area contributed by atoms with E-state index in [2.05, 4.69) is 5.10 Å². The molecule has 0 bridgehead atoms. The van der Waals surface area contributed by atoms with E-state index >= 15 is 0 Å². The van der Waals surface area contributed by atoms with Crippen LogP contribution in [0.25, 0.3) is 22.0 Å². The molecule has 8 heteroatoms. The zero-order valence-electron chi connectivity index (χ0n) is 16.9. The van der Waals surface area contributed by atoms with Gasteiger partial charge in [-0.05, 0) is 36.2 Å². The molecule has 0 spiro atoms. The highest BCUT2D eigenvalue weighted by Gasteiger charge is 2.24. The van der Waals surface area contributed by atoms with Gasteiger partial charge in [0.1, 0.15) is 23.5 Å². The van der Waals surface area contributed by atoms with E-state index in [0.717, 1.165) is 5.56 Å². The summed E-state index contributed by atoms with van der Waals surface area (Å²) in [7, 11) is 0. The van der Waals surface area contributed by atoms with Crippen molar-refractivity contribution in [3.05, 3.63) is 71.5 Å². The number of nitrogens with zero attached hydrogens (tertiary/aromatic N) is 3. The third kappa shape index (κ3) is 4.57. The number of hydrogen-bond acceptors (Lipinski definition) is 4. The van der Waals surface area contributed by atoms with Crippen LogP contribution < -0.4 is 11.5 Å². The molecule has 0 aliphatic carbocycles. The molecule has 4 rings (SSSR count). The molecule has 0 radical (unpaired) electrons. The van der Waals surface area contributed by atoms with Crippen molar-refractivity contribution in [2.75, 3.05) is 25.4 Å². The maximum Gasteiger partial charge on any atom is 0.131 e. The summed E-state index contributed by atoms with van der Waals surface area (Å²) in [6.45, 7) is 2.22. The molecule has 0 amide bonds. The minimum Gasteiger partial charge on any atom is -0.397 e. The zero-order chi connectivity index (χ0) is 22.0. The second kappa shape index (κ2) is 9.08. The van der Waals surface area contributed by atoms with E-state index in [1.54, 1.807) is 16.8 Å². The van der Waals surface area contributed by atoms with Gasteiger partial charge < -0.3 is 11.5 Å². The summed E-state index contributed by atoms with van der Waals surface area (Å²) in [6, 6.07) is 15.3. The van der Waals surface area contributed by atoms with Crippen LogP contribution in [-0.4, -0.2) is 40.5 Å². The van der Waals surface area contributed by atoms with E-state index in [9.17, 15) is 8.78 Å². The van der Waals surface area contributed by atoms with Crippen LogP contribution in [0.3, 0.4) is 0 Å². The van der Waals surface area contributed by atoms with Crippen molar-refractivity contribution >= 4 is 28.1 Å². The van der Waals surface area contributed by atoms with Crippen LogP contribution in [0.2, 0.25) is 0 Å². The number of nitrogen functional groups attached to an aromatic ring is 1. The molecular formula is C23H24ClF2N5. The highest BCUT2D eigenvalue weighted by molar-refractivity contribution is 6.53. The molecule has 1 unspecified atom stereocenters. The molecule has 1 aliphatic heterocycles. The van der Waals surface area contributed by atoms with Crippen LogP contribution in [0.1, 0.15) is 17.5 Å². The number of halogens is 3. The standard InChI is InChI=1S/C23H24ClF2N5/c24-20(21(27)15-4-2-1-3-5-15)19-22(16-6-8-17(25)9-7-16)29-31(23(19)28)13-12-30-11-10-18(26)14-30/h1-9,18H,10-14,27-28H2/b21-20+. The van der Waals surface area contributed by atoms with Gasteiger partial charge in [-0.1, -0.05) is 41.9 Å². The van der Waals surface area contributed by atoms with E-state index in [-0.39, 0.29) is 10.8 Å². The van der Waals surface area contributed by atoms with E-state index in [0.29, 0.717) is 60.9 Å². The van der Waals surface area contributed by atoms with Crippen LogP contribution in [0.4, 0.5) is 14.6 Å². The summed E-state index contributed by atoms with van der Waals surface area (Å²) in [5.41, 5.74) is 15.6. The van der Waals surface area contributed by atoms with Gasteiger partial charge in [0.15, 0.2) is 0 Å². The molecule has 4 N–H and O–H groups in total. The number of rotatable bonds is 6. The van der Waals surface area contributed by atoms with Gasteiger partial charge in [-0.2, -0.15) is 5.10 Å². The van der Waals surface area contributed by atoms with E-state index in [1.165, 1.54) is 12.1 Å². The van der Waals surface area contributed by atoms with Gasteiger partial charge in [0.2, 0.25) is 0 Å². The number of hydrogen-bond donors (Lipinski definition) is 2. The summed E-state index contributed by atoms with van der Waals surface area (Å²) in [5.74, 6) is 0.0113. The van der Waals surface area contributed by atoms with Gasteiger partial charge in [-0.3, -0.25) is 4.90 Å². The largest absolute Gasteiger partial charge is 0.397 e. The Labute approximate surface area is 184 Å². The van der Waals surface area contributed by atoms with Gasteiger partial charge >= 0.3 is 0 Å². The van der Waals surface area contributed by atoms with Crippen molar-refractivity contribution in [1.82, 2.24) is 14.7 Å². The Bertz CT molecular complexity index is 1080. The predicted molar refractivity (Wildman–Crippen MR) is 121 cm³/mol. The Kier molecular flexibility index (Phi) is 6.25. The Balaban J connectivity index is 1.74. The maximum absolute atomic E-state index is 13.5. The fourth-order valence-corrected chi connectivity index (χ4v) is 4.07. The monoisotopic (exact) mass is 443 g/mol. The Morgan fingerprint density at radius 2 is 1.81 bits per heavy atom. The lowest BCUT2D eigenvalue weighted by atomic mass is 10.0. The van der Waals surface area contributed by atoms with Crippen molar-refractivity contribution < 1.29 is 8.78 Å². The number of nitrogens with two attached hydrogens (primary N) is 2. The molecule has 31 heavy (non-hydrogen) atoms. The lowest BCUT2D eigenvalue weighted by Gasteiger charge is -2.15. The molecule has 1 fully saturated rings. The van der Waals surface area contributed by atoms with Gasteiger partial charge in [0.05, 0.1) is 22.8 Å². The lowest BCUT2D eigenvalue weighted by molar-refractivity contribution is 0.276. The molecule has 1 aliphatic rings. The first-order valence-corrected chi connectivity index (χ1v) is 10.5. The average Bonchev–Trinajstić information content (AvgIpc) is 3.35. The molecule has 1 atom stereocenters. The fourth-order valence-electron chi connectivity index (χ4n) is 3.78. The maximum atomic E-state index is 13.5. The molecule has 2 heterocycles. The van der Waals surface area contributed by atoms with Crippen molar-refractivity contribution in [3.63, 3.8) is 0 Å². The summed E-state index contributed by atoms with van der Waals surface area (Å²) in [4.78, 5) is 2.04. The number of anilines is 1. The van der Waals surface area contributed by atoms with Gasteiger partial charge in [-0.15, -0.1) is 0 Å². The highest BCUT2D eigenvalue weighted by Crippen LogP contribution is 2.38. The second-order valence-electron chi connectivity index (χ2n) is 7.62. The van der Waals surface area contributed by atoms with Crippen LogP contribution >= 0.6 is 11.6 Å². The van der Waals surface area contributed by atoms with Crippen molar-refractivity contribution in [2.24, 2.45) is 5.73 Å². The molecule has 5 nitrogen and oxygen atoms in total. The van der Waals surface area contributed by atoms with Crippen LogP contribution in [0.15, 0.2) is 54.6 Å². The zero-order valence-corrected chi connectivity index (χ0v) is 17.7.